The van der Waals surface area contributed by atoms with Crippen molar-refractivity contribution in [1.82, 2.24) is 0 Å². The Balaban J connectivity index is 2.18. The number of rotatable bonds is 5. The number of halogens is 3. The number of ether oxygens (including phenoxy) is 2. The normalized spacial score (nSPS) is 51.1. The molecule has 2 saturated heterocycles. The van der Waals surface area contributed by atoms with E-state index in [4.69, 9.17) is 44.3 Å². The van der Waals surface area contributed by atoms with E-state index in [-0.39, 0.29) is 18.2 Å². The summed E-state index contributed by atoms with van der Waals surface area (Å²) in [6.45, 7) is -0.446. The molecule has 2 heterocycles. The highest BCUT2D eigenvalue weighted by atomic mass is 35.5. The fourth-order valence-electron chi connectivity index (χ4n) is 3.07. The van der Waals surface area contributed by atoms with Crippen LogP contribution >= 0.6 is 34.8 Å². The largest absolute Gasteiger partial charge is 0.394 e. The van der Waals surface area contributed by atoms with E-state index in [1.165, 1.54) is 0 Å². The Labute approximate surface area is 148 Å². The van der Waals surface area contributed by atoms with Crippen molar-refractivity contribution in [3.8, 4) is 0 Å². The average molecular weight is 396 g/mol. The Kier molecular flexibility index (Phi) is 6.81. The molecule has 2 fully saturated rings. The third kappa shape index (κ3) is 3.60. The predicted octanol–water partition coefficient (Wildman–Crippen LogP) is -1.20. The molecule has 0 aromatic rings. The van der Waals surface area contributed by atoms with Crippen molar-refractivity contribution in [3.05, 3.63) is 0 Å². The minimum atomic E-state index is -1.40. The number of hydrogen-bond acceptors (Lipinski definition) is 7. The van der Waals surface area contributed by atoms with Crippen LogP contribution in [0.1, 0.15) is 6.42 Å². The average Bonchev–Trinajstić information content (AvgIpc) is 2.80. The molecule has 136 valence electrons. The van der Waals surface area contributed by atoms with E-state index in [9.17, 15) is 25.5 Å². The van der Waals surface area contributed by atoms with Gasteiger partial charge in [-0.1, -0.05) is 0 Å². The molecule has 23 heavy (non-hydrogen) atoms. The molecule has 0 saturated carbocycles. The van der Waals surface area contributed by atoms with Gasteiger partial charge in [0.15, 0.2) is 0 Å². The fourth-order valence-corrected chi connectivity index (χ4v) is 3.94. The molecule has 0 aliphatic carbocycles. The molecular weight excluding hydrogens is 374 g/mol. The second kappa shape index (κ2) is 7.86. The standard InChI is InChI=1S/C13H21Cl3O7/c14-2-6-10(19)12(21)13(4-15,23-6)1-5-9(18)11(20)8(16)7(3-17)22-5/h5-12,17-21H,1-4H2/t5-,6-,7-,8+,9+,10-,11+,12-,13-/m1/s1. The van der Waals surface area contributed by atoms with Crippen LogP contribution in [0.2, 0.25) is 0 Å². The van der Waals surface area contributed by atoms with E-state index >= 15 is 0 Å². The Bertz CT molecular complexity index is 402. The van der Waals surface area contributed by atoms with Crippen molar-refractivity contribution in [1.29, 1.82) is 0 Å². The van der Waals surface area contributed by atoms with Crippen molar-refractivity contribution in [2.24, 2.45) is 0 Å². The van der Waals surface area contributed by atoms with Gasteiger partial charge in [0.1, 0.15) is 36.1 Å². The molecule has 2 aliphatic heterocycles. The van der Waals surface area contributed by atoms with E-state index in [0.717, 1.165) is 0 Å². The van der Waals surface area contributed by atoms with Gasteiger partial charge < -0.3 is 35.0 Å². The highest BCUT2D eigenvalue weighted by Crippen LogP contribution is 2.39. The van der Waals surface area contributed by atoms with Gasteiger partial charge in [0.2, 0.25) is 0 Å². The van der Waals surface area contributed by atoms with E-state index in [2.05, 4.69) is 0 Å². The summed E-state index contributed by atoms with van der Waals surface area (Å²) in [5.41, 5.74) is -1.40. The van der Waals surface area contributed by atoms with Crippen molar-refractivity contribution in [2.45, 2.75) is 60.1 Å². The van der Waals surface area contributed by atoms with Crippen LogP contribution in [0.15, 0.2) is 0 Å². The topological polar surface area (TPSA) is 120 Å². The molecule has 0 bridgehead atoms. The number of hydrogen-bond donors (Lipinski definition) is 5. The molecule has 2 aliphatic rings. The van der Waals surface area contributed by atoms with Crippen molar-refractivity contribution < 1.29 is 35.0 Å². The minimum Gasteiger partial charge on any atom is -0.394 e. The first kappa shape index (κ1) is 19.9. The summed E-state index contributed by atoms with van der Waals surface area (Å²) >= 11 is 17.6. The summed E-state index contributed by atoms with van der Waals surface area (Å²) in [6, 6.07) is 0. The lowest BCUT2D eigenvalue weighted by molar-refractivity contribution is -0.197. The minimum absolute atomic E-state index is 0.0451. The molecule has 7 nitrogen and oxygen atoms in total. The van der Waals surface area contributed by atoms with Crippen molar-refractivity contribution in [2.75, 3.05) is 18.4 Å². The zero-order valence-corrected chi connectivity index (χ0v) is 14.4. The van der Waals surface area contributed by atoms with E-state index in [1.54, 1.807) is 0 Å². The molecule has 9 atom stereocenters. The Morgan fingerprint density at radius 2 is 1.57 bits per heavy atom. The number of alkyl halides is 3. The molecule has 0 spiro atoms. The quantitative estimate of drug-likeness (QED) is 0.371. The maximum atomic E-state index is 10.3. The van der Waals surface area contributed by atoms with E-state index < -0.39 is 60.3 Å². The summed E-state index contributed by atoms with van der Waals surface area (Å²) in [5.74, 6) is -0.230. The second-order valence-corrected chi connectivity index (χ2v) is 7.05. The lowest BCUT2D eigenvalue weighted by atomic mass is 9.85. The molecule has 5 N–H and O–H groups in total. The molecule has 10 heteroatoms. The Morgan fingerprint density at radius 3 is 2.04 bits per heavy atom. The smallest absolute Gasteiger partial charge is 0.113 e. The lowest BCUT2D eigenvalue weighted by Gasteiger charge is -2.43. The molecule has 0 amide bonds. The van der Waals surface area contributed by atoms with Gasteiger partial charge in [-0.3, -0.25) is 0 Å². The second-order valence-electron chi connectivity index (χ2n) is 5.97. The number of aliphatic hydroxyl groups is 5. The first-order valence-electron chi connectivity index (χ1n) is 7.23. The van der Waals surface area contributed by atoms with Gasteiger partial charge in [0.05, 0.1) is 36.0 Å². The molecule has 0 radical (unpaired) electrons. The van der Waals surface area contributed by atoms with Crippen LogP contribution in [0, 0.1) is 0 Å². The van der Waals surface area contributed by atoms with Crippen LogP contribution in [-0.2, 0) is 9.47 Å². The van der Waals surface area contributed by atoms with Crippen LogP contribution in [0.5, 0.6) is 0 Å². The summed E-state index contributed by atoms with van der Waals surface area (Å²) < 4.78 is 11.1. The van der Waals surface area contributed by atoms with Gasteiger partial charge >= 0.3 is 0 Å². The van der Waals surface area contributed by atoms with Gasteiger partial charge in [-0.25, -0.2) is 0 Å². The highest BCUT2D eigenvalue weighted by Gasteiger charge is 2.56. The van der Waals surface area contributed by atoms with Crippen LogP contribution < -0.4 is 0 Å². The van der Waals surface area contributed by atoms with Gasteiger partial charge in [0.25, 0.3) is 0 Å². The fraction of sp³-hybridized carbons (Fsp3) is 1.00. The summed E-state index contributed by atoms with van der Waals surface area (Å²) in [5, 5.41) is 48.7. The molecule has 0 aromatic heterocycles. The molecule has 2 rings (SSSR count). The monoisotopic (exact) mass is 394 g/mol. The Hall–Kier alpha value is 0.590. The van der Waals surface area contributed by atoms with Crippen molar-refractivity contribution in [3.63, 3.8) is 0 Å². The zero-order chi connectivity index (χ0) is 17.4. The van der Waals surface area contributed by atoms with Gasteiger partial charge in [0, 0.05) is 6.42 Å². The lowest BCUT2D eigenvalue weighted by Crippen LogP contribution is -2.59. The van der Waals surface area contributed by atoms with E-state index in [1.807, 2.05) is 0 Å². The van der Waals surface area contributed by atoms with Gasteiger partial charge in [-0.15, -0.1) is 34.8 Å². The SMILES string of the molecule is OC[C@H]1O[C@H](C[C@]2(CCl)O[C@H](CCl)[C@@H](O)[C@H]2O)[C@H](O)[C@@H](O)[C@H]1Cl. The maximum absolute atomic E-state index is 10.3. The first-order chi connectivity index (χ1) is 10.8. The third-order valence-electron chi connectivity index (χ3n) is 4.50. The first-order valence-corrected chi connectivity index (χ1v) is 8.74. The Morgan fingerprint density at radius 1 is 0.913 bits per heavy atom. The summed E-state index contributed by atoms with van der Waals surface area (Å²) in [6.07, 6.45) is -8.06. The highest BCUT2D eigenvalue weighted by molar-refractivity contribution is 6.21. The molecular formula is C13H21Cl3O7. The molecule has 0 aromatic carbocycles. The summed E-state index contributed by atoms with van der Waals surface area (Å²) in [4.78, 5) is 0. The van der Waals surface area contributed by atoms with Crippen LogP contribution in [0.4, 0.5) is 0 Å². The number of aliphatic hydroxyl groups excluding tert-OH is 5. The van der Waals surface area contributed by atoms with Crippen molar-refractivity contribution >= 4 is 34.8 Å². The van der Waals surface area contributed by atoms with Crippen LogP contribution in [0.3, 0.4) is 0 Å². The van der Waals surface area contributed by atoms with E-state index in [0.29, 0.717) is 0 Å². The summed E-state index contributed by atoms with van der Waals surface area (Å²) in [7, 11) is 0. The zero-order valence-electron chi connectivity index (χ0n) is 12.1. The molecule has 0 unspecified atom stereocenters. The third-order valence-corrected chi connectivity index (χ3v) is 5.79. The predicted molar refractivity (Wildman–Crippen MR) is 83.1 cm³/mol. The van der Waals surface area contributed by atoms with Crippen LogP contribution in [-0.4, -0.2) is 97.6 Å². The van der Waals surface area contributed by atoms with Crippen LogP contribution in [0.25, 0.3) is 0 Å². The van der Waals surface area contributed by atoms with Gasteiger partial charge in [-0.05, 0) is 0 Å². The maximum Gasteiger partial charge on any atom is 0.113 e. The van der Waals surface area contributed by atoms with Gasteiger partial charge in [-0.2, -0.15) is 0 Å².